The first kappa shape index (κ1) is 159. The lowest BCUT2D eigenvalue weighted by Crippen LogP contribution is -0.856. The third-order valence-electron chi connectivity index (χ3n) is 0. The number of rotatable bonds is 0. The van der Waals surface area contributed by atoms with Gasteiger partial charge in [0.05, 0.1) is 0 Å². The first-order chi connectivity index (χ1) is 4.00. The summed E-state index contributed by atoms with van der Waals surface area (Å²) < 4.78 is 0. The SMILES string of the molecule is CC.CC.CC.CC.F.F.F.F.N.[B]. The van der Waals surface area contributed by atoms with Crippen LogP contribution in [0.5, 0.6) is 0 Å². The van der Waals surface area contributed by atoms with Gasteiger partial charge in [-0.2, -0.15) is 0 Å². The summed E-state index contributed by atoms with van der Waals surface area (Å²) in [5, 5.41) is 0. The molecule has 0 aromatic carbocycles. The van der Waals surface area contributed by atoms with Gasteiger partial charge in [0.2, 0.25) is 0 Å². The maximum Gasteiger partial charge on any atom is 0 e. The number of hydrogen-bond donors (Lipinski definition) is 1. The molecule has 0 spiro atoms. The molecule has 0 saturated carbocycles. The lowest BCUT2D eigenvalue weighted by molar-refractivity contribution is 1.11. The lowest BCUT2D eigenvalue weighted by atomic mass is 10.8. The van der Waals surface area contributed by atoms with Crippen molar-refractivity contribution in [2.45, 2.75) is 55.4 Å². The molecule has 0 aliphatic carbocycles. The predicted octanol–water partition coefficient (Wildman–Crippen LogP) is 4.50. The molecular formula is C8H31BF4N. The Morgan fingerprint density at radius 3 is 0.357 bits per heavy atom. The topological polar surface area (TPSA) is 35.0 Å². The zero-order valence-electron chi connectivity index (χ0n) is 10.9. The molecule has 0 aliphatic rings. The standard InChI is InChI=1S/4C2H6.B.4FH.H3N/c4*1-2;;;;;;/h4*1-2H3;;4*1H;1H3. The summed E-state index contributed by atoms with van der Waals surface area (Å²) >= 11 is 0. The third kappa shape index (κ3) is 20800. The fraction of sp³-hybridized carbons (Fsp3) is 1.00. The maximum absolute atomic E-state index is 2.00. The molecule has 0 bridgehead atoms. The van der Waals surface area contributed by atoms with Gasteiger partial charge in [-0.1, -0.05) is 55.4 Å². The molecule has 0 aromatic heterocycles. The second-order valence-electron chi connectivity index (χ2n) is 0. The Morgan fingerprint density at radius 1 is 0.357 bits per heavy atom. The highest BCUT2D eigenvalue weighted by Gasteiger charge is 0.938. The van der Waals surface area contributed by atoms with E-state index in [1.807, 2.05) is 55.4 Å². The van der Waals surface area contributed by atoms with Crippen molar-refractivity contribution in [3.05, 3.63) is 0 Å². The Bertz CT molecular complexity index is 21.3. The molecule has 0 atom stereocenters. The highest BCUT2D eigenvalue weighted by molar-refractivity contribution is 5.75. The van der Waals surface area contributed by atoms with Crippen LogP contribution in [-0.2, 0) is 0 Å². The first-order valence-electron chi connectivity index (χ1n) is 4.00. The summed E-state index contributed by atoms with van der Waals surface area (Å²) in [6.07, 6.45) is 0. The number of hydrogen-bond acceptors (Lipinski definition) is 1. The molecular weight excluding hydrogens is 197 g/mol. The van der Waals surface area contributed by atoms with Crippen LogP contribution in [0.1, 0.15) is 55.4 Å². The van der Waals surface area contributed by atoms with Crippen LogP contribution in [-0.4, -0.2) is 8.41 Å². The minimum Gasteiger partial charge on any atom is -0.344 e. The molecule has 0 rings (SSSR count). The van der Waals surface area contributed by atoms with Crippen molar-refractivity contribution in [1.29, 1.82) is 0 Å². The zero-order valence-corrected chi connectivity index (χ0v) is 10.9. The molecule has 3 N–H and O–H groups in total. The van der Waals surface area contributed by atoms with Crippen molar-refractivity contribution in [3.63, 3.8) is 0 Å². The molecule has 99 valence electrons. The molecule has 0 saturated heterocycles. The van der Waals surface area contributed by atoms with E-state index in [2.05, 4.69) is 0 Å². The van der Waals surface area contributed by atoms with Crippen molar-refractivity contribution in [3.8, 4) is 0 Å². The quantitative estimate of drug-likeness (QED) is 0.481. The van der Waals surface area contributed by atoms with E-state index in [9.17, 15) is 0 Å². The highest BCUT2D eigenvalue weighted by atomic mass is 19.0. The van der Waals surface area contributed by atoms with Crippen LogP contribution in [0.4, 0.5) is 18.8 Å². The van der Waals surface area contributed by atoms with Crippen LogP contribution in [0, 0.1) is 0 Å². The van der Waals surface area contributed by atoms with Gasteiger partial charge in [-0.3, -0.25) is 18.8 Å². The maximum atomic E-state index is 2.00. The predicted molar refractivity (Wildman–Crippen MR) is 66.2 cm³/mol. The van der Waals surface area contributed by atoms with E-state index < -0.39 is 0 Å². The lowest BCUT2D eigenvalue weighted by Gasteiger charge is -1.07. The largest absolute Gasteiger partial charge is 0.344 e. The fourth-order valence-corrected chi connectivity index (χ4v) is 0. The van der Waals surface area contributed by atoms with E-state index in [4.69, 9.17) is 0 Å². The molecule has 14 heavy (non-hydrogen) atoms. The molecule has 0 unspecified atom stereocenters. The van der Waals surface area contributed by atoms with Crippen LogP contribution >= 0.6 is 0 Å². The Kier molecular flexibility index (Phi) is 307000. The van der Waals surface area contributed by atoms with Crippen LogP contribution in [0.3, 0.4) is 0 Å². The van der Waals surface area contributed by atoms with Crippen molar-refractivity contribution >= 4 is 8.41 Å². The van der Waals surface area contributed by atoms with Crippen LogP contribution in [0.15, 0.2) is 0 Å². The Morgan fingerprint density at radius 2 is 0.357 bits per heavy atom. The van der Waals surface area contributed by atoms with Gasteiger partial charge in [-0.15, -0.1) is 0 Å². The Hall–Kier alpha value is -0.255. The highest BCUT2D eigenvalue weighted by Crippen LogP contribution is 1.15. The smallest absolute Gasteiger partial charge is 0 e. The van der Waals surface area contributed by atoms with Gasteiger partial charge in [0.25, 0.3) is 0 Å². The second-order valence-corrected chi connectivity index (χ2v) is 0. The van der Waals surface area contributed by atoms with Gasteiger partial charge in [-0.05, 0) is 0 Å². The van der Waals surface area contributed by atoms with E-state index in [1.54, 1.807) is 0 Å². The van der Waals surface area contributed by atoms with Crippen molar-refractivity contribution in [2.24, 2.45) is 0 Å². The average molecular weight is 228 g/mol. The summed E-state index contributed by atoms with van der Waals surface area (Å²) in [5.74, 6) is 0. The molecule has 6 heteroatoms. The van der Waals surface area contributed by atoms with Crippen molar-refractivity contribution in [1.82, 2.24) is 6.15 Å². The van der Waals surface area contributed by atoms with Gasteiger partial charge in [0.15, 0.2) is 0 Å². The van der Waals surface area contributed by atoms with Gasteiger partial charge >= 0.3 is 0 Å². The average Bonchev–Trinajstić information content (AvgIpc) is 2.03. The van der Waals surface area contributed by atoms with Crippen LogP contribution in [0.25, 0.3) is 0 Å². The summed E-state index contributed by atoms with van der Waals surface area (Å²) in [5.41, 5.74) is 0. The summed E-state index contributed by atoms with van der Waals surface area (Å²) in [6.45, 7) is 16.0. The minimum absolute atomic E-state index is 0. The molecule has 0 amide bonds. The van der Waals surface area contributed by atoms with Gasteiger partial charge < -0.3 is 6.15 Å². The van der Waals surface area contributed by atoms with Gasteiger partial charge in [0.1, 0.15) is 0 Å². The Labute approximate surface area is 89.7 Å². The second kappa shape index (κ2) is 27000. The molecule has 0 fully saturated rings. The molecule has 0 aromatic rings. The molecule has 1 nitrogen and oxygen atoms in total. The van der Waals surface area contributed by atoms with Crippen molar-refractivity contribution in [2.75, 3.05) is 0 Å². The van der Waals surface area contributed by atoms with E-state index in [1.165, 1.54) is 0 Å². The van der Waals surface area contributed by atoms with Crippen molar-refractivity contribution < 1.29 is 18.8 Å². The number of halogens is 4. The van der Waals surface area contributed by atoms with Gasteiger partial charge in [0, 0.05) is 8.41 Å². The van der Waals surface area contributed by atoms with E-state index in [0.717, 1.165) is 0 Å². The summed E-state index contributed by atoms with van der Waals surface area (Å²) in [4.78, 5) is 0. The Balaban J connectivity index is -0.00000000167. The van der Waals surface area contributed by atoms with E-state index in [0.29, 0.717) is 0 Å². The third-order valence-corrected chi connectivity index (χ3v) is 0. The summed E-state index contributed by atoms with van der Waals surface area (Å²) in [7, 11) is 0. The normalized spacial score (nSPS) is 1.71. The molecule has 3 radical (unpaired) electrons. The van der Waals surface area contributed by atoms with Crippen LogP contribution < -0.4 is 6.15 Å². The molecule has 0 heterocycles. The minimum atomic E-state index is 0. The van der Waals surface area contributed by atoms with Gasteiger partial charge in [-0.25, -0.2) is 0 Å². The zero-order chi connectivity index (χ0) is 8.00. The van der Waals surface area contributed by atoms with E-state index in [-0.39, 0.29) is 33.4 Å². The summed E-state index contributed by atoms with van der Waals surface area (Å²) in [6, 6.07) is 0. The first-order valence-corrected chi connectivity index (χ1v) is 4.00. The molecule has 0 aliphatic heterocycles. The van der Waals surface area contributed by atoms with E-state index >= 15 is 0 Å². The van der Waals surface area contributed by atoms with Crippen LogP contribution in [0.2, 0.25) is 0 Å². The fourth-order valence-electron chi connectivity index (χ4n) is 0. The monoisotopic (exact) mass is 228 g/mol.